The van der Waals surface area contributed by atoms with Gasteiger partial charge in [-0.25, -0.2) is 4.98 Å². The van der Waals surface area contributed by atoms with Crippen LogP contribution in [0.15, 0.2) is 18.2 Å². The molecule has 0 unspecified atom stereocenters. The third-order valence-corrected chi connectivity index (χ3v) is 5.80. The maximum absolute atomic E-state index is 6.20. The Hall–Kier alpha value is -0.800. The lowest BCUT2D eigenvalue weighted by Gasteiger charge is -2.15. The maximum atomic E-state index is 6.20. The molecule has 0 radical (unpaired) electrons. The summed E-state index contributed by atoms with van der Waals surface area (Å²) < 4.78 is 1.10. The van der Waals surface area contributed by atoms with Crippen LogP contribution in [0, 0.1) is 17.8 Å². The summed E-state index contributed by atoms with van der Waals surface area (Å²) in [5.41, 5.74) is 1.01. The average molecular weight is 293 g/mol. The molecule has 0 spiro atoms. The van der Waals surface area contributed by atoms with Gasteiger partial charge in [0, 0.05) is 6.54 Å². The van der Waals surface area contributed by atoms with E-state index in [0.717, 1.165) is 44.7 Å². The first-order valence-corrected chi connectivity index (χ1v) is 8.29. The zero-order chi connectivity index (χ0) is 12.8. The van der Waals surface area contributed by atoms with Crippen LogP contribution in [-0.4, -0.2) is 11.5 Å². The highest BCUT2D eigenvalue weighted by Gasteiger charge is 2.41. The van der Waals surface area contributed by atoms with Crippen LogP contribution in [0.1, 0.15) is 25.7 Å². The van der Waals surface area contributed by atoms with Crippen LogP contribution in [0.4, 0.5) is 5.13 Å². The van der Waals surface area contributed by atoms with Gasteiger partial charge in [0.25, 0.3) is 0 Å². The molecule has 0 aliphatic heterocycles. The van der Waals surface area contributed by atoms with Gasteiger partial charge in [-0.2, -0.15) is 0 Å². The molecular formula is C15H17ClN2S. The molecule has 4 rings (SSSR count). The third kappa shape index (κ3) is 2.46. The van der Waals surface area contributed by atoms with Crippen LogP contribution in [-0.2, 0) is 0 Å². The predicted octanol–water partition coefficient (Wildman–Crippen LogP) is 4.80. The van der Waals surface area contributed by atoms with E-state index in [1.165, 1.54) is 25.7 Å². The molecule has 2 fully saturated rings. The highest BCUT2D eigenvalue weighted by molar-refractivity contribution is 7.22. The Morgan fingerprint density at radius 2 is 2.00 bits per heavy atom. The van der Waals surface area contributed by atoms with Crippen molar-refractivity contribution in [3.05, 3.63) is 23.2 Å². The average Bonchev–Trinajstić information content (AvgIpc) is 3.29. The van der Waals surface area contributed by atoms with E-state index in [0.29, 0.717) is 0 Å². The smallest absolute Gasteiger partial charge is 0.183 e. The summed E-state index contributed by atoms with van der Waals surface area (Å²) in [5.74, 6) is 2.85. The van der Waals surface area contributed by atoms with E-state index in [1.54, 1.807) is 11.3 Å². The van der Waals surface area contributed by atoms with Gasteiger partial charge in [-0.1, -0.05) is 29.0 Å². The Labute approximate surface area is 122 Å². The van der Waals surface area contributed by atoms with Crippen LogP contribution in [0.5, 0.6) is 0 Å². The van der Waals surface area contributed by atoms with E-state index in [4.69, 9.17) is 11.6 Å². The lowest BCUT2D eigenvalue weighted by Crippen LogP contribution is -2.18. The second-order valence-electron chi connectivity index (χ2n) is 5.83. The summed E-state index contributed by atoms with van der Waals surface area (Å²) in [7, 11) is 0. The van der Waals surface area contributed by atoms with Gasteiger partial charge in [0.2, 0.25) is 0 Å². The van der Waals surface area contributed by atoms with E-state index in [1.807, 2.05) is 18.2 Å². The summed E-state index contributed by atoms with van der Waals surface area (Å²) >= 11 is 7.87. The van der Waals surface area contributed by atoms with Gasteiger partial charge in [-0.3, -0.25) is 0 Å². The minimum Gasteiger partial charge on any atom is -0.361 e. The Morgan fingerprint density at radius 1 is 1.26 bits per heavy atom. The number of anilines is 1. The number of fused-ring (bicyclic) bond motifs is 1. The van der Waals surface area contributed by atoms with Gasteiger partial charge in [-0.15, -0.1) is 0 Å². The second-order valence-corrected chi connectivity index (χ2v) is 7.23. The van der Waals surface area contributed by atoms with Gasteiger partial charge in [0.05, 0.1) is 15.2 Å². The van der Waals surface area contributed by atoms with Crippen molar-refractivity contribution in [2.45, 2.75) is 25.7 Å². The molecule has 0 atom stereocenters. The molecule has 4 heteroatoms. The van der Waals surface area contributed by atoms with Crippen molar-refractivity contribution in [1.29, 1.82) is 0 Å². The molecule has 0 saturated heterocycles. The summed E-state index contributed by atoms with van der Waals surface area (Å²) in [4.78, 5) is 4.63. The predicted molar refractivity (Wildman–Crippen MR) is 82.1 cm³/mol. The maximum Gasteiger partial charge on any atom is 0.183 e. The fourth-order valence-corrected chi connectivity index (χ4v) is 4.13. The van der Waals surface area contributed by atoms with Crippen LogP contribution >= 0.6 is 22.9 Å². The Kier molecular flexibility index (Phi) is 2.92. The molecule has 0 bridgehead atoms. The second kappa shape index (κ2) is 4.64. The standard InChI is InChI=1S/C15H17ClN2S/c16-12-2-1-3-13-14(12)19-15(18-13)17-8-11(9-4-5-9)10-6-7-10/h1-3,9-11H,4-8H2,(H,17,18). The Balaban J connectivity index is 1.49. The lowest BCUT2D eigenvalue weighted by atomic mass is 9.98. The molecule has 2 aliphatic rings. The number of hydrogen-bond acceptors (Lipinski definition) is 3. The minimum atomic E-state index is 0.809. The summed E-state index contributed by atoms with van der Waals surface area (Å²) in [6.45, 7) is 1.09. The number of aromatic nitrogens is 1. The molecule has 19 heavy (non-hydrogen) atoms. The molecule has 2 aromatic rings. The molecule has 2 nitrogen and oxygen atoms in total. The van der Waals surface area contributed by atoms with Crippen molar-refractivity contribution in [2.75, 3.05) is 11.9 Å². The first kappa shape index (κ1) is 12.0. The van der Waals surface area contributed by atoms with Crippen molar-refractivity contribution < 1.29 is 0 Å². The van der Waals surface area contributed by atoms with Gasteiger partial charge in [-0.05, 0) is 55.6 Å². The van der Waals surface area contributed by atoms with Gasteiger partial charge in [0.1, 0.15) is 0 Å². The van der Waals surface area contributed by atoms with E-state index in [-0.39, 0.29) is 0 Å². The number of benzene rings is 1. The zero-order valence-electron chi connectivity index (χ0n) is 10.7. The van der Waals surface area contributed by atoms with Crippen molar-refractivity contribution in [3.8, 4) is 0 Å². The number of halogens is 1. The molecule has 2 saturated carbocycles. The van der Waals surface area contributed by atoms with Crippen LogP contribution < -0.4 is 5.32 Å². The third-order valence-electron chi connectivity index (χ3n) is 4.31. The summed E-state index contributed by atoms with van der Waals surface area (Å²) in [6, 6.07) is 5.93. The van der Waals surface area contributed by atoms with Crippen LogP contribution in [0.2, 0.25) is 5.02 Å². The minimum absolute atomic E-state index is 0.809. The molecule has 1 N–H and O–H groups in total. The largest absolute Gasteiger partial charge is 0.361 e. The fourth-order valence-electron chi connectivity index (χ4n) is 2.96. The molecule has 2 aliphatic carbocycles. The Bertz CT molecular complexity index is 589. The zero-order valence-corrected chi connectivity index (χ0v) is 12.3. The molecule has 1 heterocycles. The van der Waals surface area contributed by atoms with E-state index in [2.05, 4.69) is 10.3 Å². The van der Waals surface area contributed by atoms with Crippen LogP contribution in [0.3, 0.4) is 0 Å². The van der Waals surface area contributed by atoms with Crippen molar-refractivity contribution in [1.82, 2.24) is 4.98 Å². The first-order chi connectivity index (χ1) is 9.31. The van der Waals surface area contributed by atoms with Crippen molar-refractivity contribution >= 4 is 38.3 Å². The molecule has 1 aromatic carbocycles. The Morgan fingerprint density at radius 3 is 2.63 bits per heavy atom. The van der Waals surface area contributed by atoms with Gasteiger partial charge >= 0.3 is 0 Å². The quantitative estimate of drug-likeness (QED) is 0.856. The molecular weight excluding hydrogens is 276 g/mol. The van der Waals surface area contributed by atoms with Gasteiger partial charge in [0.15, 0.2) is 5.13 Å². The fraction of sp³-hybridized carbons (Fsp3) is 0.533. The molecule has 100 valence electrons. The molecule has 1 aromatic heterocycles. The monoisotopic (exact) mass is 292 g/mol. The van der Waals surface area contributed by atoms with E-state index >= 15 is 0 Å². The summed E-state index contributed by atoms with van der Waals surface area (Å²) in [6.07, 6.45) is 5.76. The van der Waals surface area contributed by atoms with E-state index in [9.17, 15) is 0 Å². The number of nitrogens with one attached hydrogen (secondary N) is 1. The summed E-state index contributed by atoms with van der Waals surface area (Å²) in [5, 5.41) is 5.38. The van der Waals surface area contributed by atoms with Crippen molar-refractivity contribution in [2.24, 2.45) is 17.8 Å². The van der Waals surface area contributed by atoms with Gasteiger partial charge < -0.3 is 5.32 Å². The van der Waals surface area contributed by atoms with Crippen LogP contribution in [0.25, 0.3) is 10.2 Å². The first-order valence-electron chi connectivity index (χ1n) is 7.10. The number of nitrogens with zero attached hydrogens (tertiary/aromatic N) is 1. The number of thiazole rings is 1. The highest BCUT2D eigenvalue weighted by Crippen LogP contribution is 2.49. The van der Waals surface area contributed by atoms with E-state index < -0.39 is 0 Å². The highest BCUT2D eigenvalue weighted by atomic mass is 35.5. The molecule has 0 amide bonds. The van der Waals surface area contributed by atoms with Crippen molar-refractivity contribution in [3.63, 3.8) is 0 Å². The normalized spacial score (nSPS) is 19.3. The number of rotatable bonds is 5. The number of hydrogen-bond donors (Lipinski definition) is 1. The lowest BCUT2D eigenvalue weighted by molar-refractivity contribution is 0.428. The topological polar surface area (TPSA) is 24.9 Å². The SMILES string of the molecule is Clc1cccc2nc(NCC(C3CC3)C3CC3)sc12.